The van der Waals surface area contributed by atoms with Gasteiger partial charge in [0.1, 0.15) is 0 Å². The zero-order valence-corrected chi connectivity index (χ0v) is 14.2. The van der Waals surface area contributed by atoms with Crippen molar-refractivity contribution in [1.29, 1.82) is 0 Å². The lowest BCUT2D eigenvalue weighted by Crippen LogP contribution is -2.41. The van der Waals surface area contributed by atoms with Crippen molar-refractivity contribution in [2.75, 3.05) is 26.3 Å². The molecule has 1 fully saturated rings. The Morgan fingerprint density at radius 2 is 1.71 bits per heavy atom. The number of hydrogen-bond donors (Lipinski definition) is 1. The van der Waals surface area contributed by atoms with Gasteiger partial charge in [0.15, 0.2) is 0 Å². The highest BCUT2D eigenvalue weighted by atomic mass is 16.5. The van der Waals surface area contributed by atoms with Crippen molar-refractivity contribution < 1.29 is 4.74 Å². The molecule has 1 N–H and O–H groups in total. The van der Waals surface area contributed by atoms with Crippen LogP contribution in [-0.2, 0) is 11.2 Å². The van der Waals surface area contributed by atoms with Crippen molar-refractivity contribution in [1.82, 2.24) is 5.32 Å². The number of nitrogens with one attached hydrogen (secondary N) is 1. The van der Waals surface area contributed by atoms with E-state index >= 15 is 0 Å². The zero-order chi connectivity index (χ0) is 15.3. The Balaban J connectivity index is 2.18. The molecule has 1 aromatic rings. The van der Waals surface area contributed by atoms with Gasteiger partial charge in [-0.1, -0.05) is 24.6 Å². The highest BCUT2D eigenvalue weighted by Gasteiger charge is 2.33. The summed E-state index contributed by atoms with van der Waals surface area (Å²) in [6, 6.07) is 4.66. The van der Waals surface area contributed by atoms with Crippen LogP contribution in [0.3, 0.4) is 0 Å². The molecule has 0 bridgehead atoms. The molecule has 2 rings (SSSR count). The van der Waals surface area contributed by atoms with E-state index in [9.17, 15) is 0 Å². The first-order valence-corrected chi connectivity index (χ1v) is 8.41. The zero-order valence-electron chi connectivity index (χ0n) is 14.2. The summed E-state index contributed by atoms with van der Waals surface area (Å²) < 4.78 is 5.62. The molecule has 118 valence electrons. The third kappa shape index (κ3) is 4.31. The third-order valence-electron chi connectivity index (χ3n) is 4.87. The highest BCUT2D eigenvalue weighted by molar-refractivity contribution is 5.38. The van der Waals surface area contributed by atoms with Gasteiger partial charge < -0.3 is 10.1 Å². The predicted octanol–water partition coefficient (Wildman–Crippen LogP) is 3.95. The van der Waals surface area contributed by atoms with E-state index < -0.39 is 0 Å². The van der Waals surface area contributed by atoms with Gasteiger partial charge in [0.2, 0.25) is 0 Å². The normalized spacial score (nSPS) is 17.9. The van der Waals surface area contributed by atoms with Gasteiger partial charge in [-0.15, -0.1) is 0 Å². The van der Waals surface area contributed by atoms with Crippen molar-refractivity contribution in [3.63, 3.8) is 0 Å². The first kappa shape index (κ1) is 16.5. The van der Waals surface area contributed by atoms with Crippen LogP contribution in [0.1, 0.15) is 48.4 Å². The van der Waals surface area contributed by atoms with Crippen molar-refractivity contribution in [2.45, 2.75) is 53.4 Å². The SMILES string of the molecule is CCCNCC1(Cc2c(C)cc(C)cc2C)CCOCC1. The van der Waals surface area contributed by atoms with Gasteiger partial charge in [0, 0.05) is 19.8 Å². The predicted molar refractivity (Wildman–Crippen MR) is 90.0 cm³/mol. The Morgan fingerprint density at radius 1 is 1.10 bits per heavy atom. The molecule has 1 aromatic carbocycles. The second-order valence-corrected chi connectivity index (χ2v) is 6.84. The first-order chi connectivity index (χ1) is 10.1. The number of benzene rings is 1. The average Bonchev–Trinajstić information content (AvgIpc) is 2.44. The lowest BCUT2D eigenvalue weighted by atomic mass is 9.73. The number of aryl methyl sites for hydroxylation is 3. The minimum Gasteiger partial charge on any atom is -0.381 e. The minimum atomic E-state index is 0.373. The molecule has 0 radical (unpaired) electrons. The molecule has 21 heavy (non-hydrogen) atoms. The maximum atomic E-state index is 5.62. The lowest BCUT2D eigenvalue weighted by Gasteiger charge is -2.38. The summed E-state index contributed by atoms with van der Waals surface area (Å²) in [6.45, 7) is 13.0. The second kappa shape index (κ2) is 7.42. The van der Waals surface area contributed by atoms with Crippen LogP contribution in [-0.4, -0.2) is 26.3 Å². The van der Waals surface area contributed by atoms with Crippen LogP contribution in [0.25, 0.3) is 0 Å². The summed E-state index contributed by atoms with van der Waals surface area (Å²) in [7, 11) is 0. The minimum absolute atomic E-state index is 0.373. The molecule has 1 aliphatic heterocycles. The number of hydrogen-bond acceptors (Lipinski definition) is 2. The van der Waals surface area contributed by atoms with Crippen LogP contribution in [0.4, 0.5) is 0 Å². The van der Waals surface area contributed by atoms with Crippen molar-refractivity contribution in [3.8, 4) is 0 Å². The van der Waals surface area contributed by atoms with Crippen molar-refractivity contribution in [2.24, 2.45) is 5.41 Å². The Bertz CT molecular complexity index is 438. The van der Waals surface area contributed by atoms with E-state index in [4.69, 9.17) is 4.74 Å². The Labute approximate surface area is 130 Å². The van der Waals surface area contributed by atoms with Gasteiger partial charge >= 0.3 is 0 Å². The fourth-order valence-electron chi connectivity index (χ4n) is 3.61. The highest BCUT2D eigenvalue weighted by Crippen LogP contribution is 2.35. The molecular weight excluding hydrogens is 258 g/mol. The van der Waals surface area contributed by atoms with E-state index in [-0.39, 0.29) is 0 Å². The van der Waals surface area contributed by atoms with E-state index in [0.29, 0.717) is 5.41 Å². The summed E-state index contributed by atoms with van der Waals surface area (Å²) in [4.78, 5) is 0. The van der Waals surface area contributed by atoms with Gasteiger partial charge in [-0.3, -0.25) is 0 Å². The van der Waals surface area contributed by atoms with Crippen molar-refractivity contribution >= 4 is 0 Å². The summed E-state index contributed by atoms with van der Waals surface area (Å²) in [5.41, 5.74) is 6.21. The maximum absolute atomic E-state index is 5.62. The number of ether oxygens (including phenoxy) is 1. The molecule has 0 spiro atoms. The molecular formula is C19H31NO. The van der Waals surface area contributed by atoms with E-state index in [1.54, 1.807) is 5.56 Å². The largest absolute Gasteiger partial charge is 0.381 e. The smallest absolute Gasteiger partial charge is 0.0471 e. The van der Waals surface area contributed by atoms with Crippen LogP contribution in [0, 0.1) is 26.2 Å². The summed E-state index contributed by atoms with van der Waals surface area (Å²) in [5.74, 6) is 0. The summed E-state index contributed by atoms with van der Waals surface area (Å²) in [5, 5.41) is 3.66. The van der Waals surface area contributed by atoms with Crippen LogP contribution in [0.2, 0.25) is 0 Å². The molecule has 0 atom stereocenters. The quantitative estimate of drug-likeness (QED) is 0.801. The van der Waals surface area contributed by atoms with Gasteiger partial charge in [-0.25, -0.2) is 0 Å². The molecule has 0 aromatic heterocycles. The topological polar surface area (TPSA) is 21.3 Å². The monoisotopic (exact) mass is 289 g/mol. The Hall–Kier alpha value is -0.860. The van der Waals surface area contributed by atoms with E-state index in [2.05, 4.69) is 45.1 Å². The Morgan fingerprint density at radius 3 is 2.29 bits per heavy atom. The molecule has 0 amide bonds. The van der Waals surface area contributed by atoms with Gasteiger partial charge in [0.25, 0.3) is 0 Å². The van der Waals surface area contributed by atoms with E-state index in [1.165, 1.54) is 42.4 Å². The van der Waals surface area contributed by atoms with Crippen LogP contribution in [0.15, 0.2) is 12.1 Å². The van der Waals surface area contributed by atoms with Crippen LogP contribution < -0.4 is 5.32 Å². The molecule has 2 nitrogen and oxygen atoms in total. The fourth-order valence-corrected chi connectivity index (χ4v) is 3.61. The van der Waals surface area contributed by atoms with Crippen molar-refractivity contribution in [3.05, 3.63) is 34.4 Å². The number of rotatable bonds is 6. The van der Waals surface area contributed by atoms with Gasteiger partial charge in [-0.05, 0) is 75.1 Å². The van der Waals surface area contributed by atoms with Gasteiger partial charge in [0.05, 0.1) is 0 Å². The molecule has 2 heteroatoms. The van der Waals surface area contributed by atoms with Crippen LogP contribution >= 0.6 is 0 Å². The van der Waals surface area contributed by atoms with E-state index in [0.717, 1.165) is 26.3 Å². The summed E-state index contributed by atoms with van der Waals surface area (Å²) in [6.07, 6.45) is 4.74. The average molecular weight is 289 g/mol. The molecule has 1 aliphatic rings. The first-order valence-electron chi connectivity index (χ1n) is 8.41. The molecule has 0 aliphatic carbocycles. The van der Waals surface area contributed by atoms with Gasteiger partial charge in [-0.2, -0.15) is 0 Å². The molecule has 1 saturated heterocycles. The molecule has 0 saturated carbocycles. The fraction of sp³-hybridized carbons (Fsp3) is 0.684. The second-order valence-electron chi connectivity index (χ2n) is 6.84. The third-order valence-corrected chi connectivity index (χ3v) is 4.87. The summed E-state index contributed by atoms with van der Waals surface area (Å²) >= 11 is 0. The molecule has 0 unspecified atom stereocenters. The maximum Gasteiger partial charge on any atom is 0.0471 e. The van der Waals surface area contributed by atoms with E-state index in [1.807, 2.05) is 0 Å². The lowest BCUT2D eigenvalue weighted by molar-refractivity contribution is 0.0149. The van der Waals surface area contributed by atoms with Crippen LogP contribution in [0.5, 0.6) is 0 Å². The Kier molecular flexibility index (Phi) is 5.83. The standard InChI is InChI=1S/C19H31NO/c1-5-8-20-14-19(6-9-21-10-7-19)13-18-16(3)11-15(2)12-17(18)4/h11-12,20H,5-10,13-14H2,1-4H3. The molecule has 1 heterocycles.